The number of carbonyl (C=O) groups is 3. The number of ether oxygens (including phenoxy) is 1. The smallest absolute Gasteiger partial charge is 0.326 e. The Hall–Kier alpha value is -2.57. The predicted molar refractivity (Wildman–Crippen MR) is 86.8 cm³/mol. The molecular weight excluding hydrogens is 364 g/mol. The standard InChI is InChI=1S/C16H20N2O9/c19-10-9(15(25)27-16(26)11(10)20)18-13(22)12(21)17-8(14(23)24)6-7-4-2-1-3-5-7/h1-5,8-11,15-16,19-20,25-26H,6H2,(H,17,21)(H,18,22)(H,23,24)/t8-,9-,10+,11+,15-,16+/m1/s1. The van der Waals surface area contributed by atoms with Crippen LogP contribution in [0.3, 0.4) is 0 Å². The quantitative estimate of drug-likeness (QED) is 0.255. The Bertz CT molecular complexity index is 684. The van der Waals surface area contributed by atoms with Crippen LogP contribution in [0.4, 0.5) is 0 Å². The van der Waals surface area contributed by atoms with Crippen LogP contribution in [0.2, 0.25) is 0 Å². The second-order valence-corrected chi connectivity index (χ2v) is 5.95. The lowest BCUT2D eigenvalue weighted by Gasteiger charge is -2.38. The number of hydrogen-bond acceptors (Lipinski definition) is 8. The van der Waals surface area contributed by atoms with Crippen LogP contribution in [-0.2, 0) is 25.5 Å². The molecule has 1 aliphatic rings. The van der Waals surface area contributed by atoms with E-state index in [0.717, 1.165) is 0 Å². The zero-order valence-corrected chi connectivity index (χ0v) is 13.9. The van der Waals surface area contributed by atoms with E-state index in [4.69, 9.17) is 0 Å². The maximum Gasteiger partial charge on any atom is 0.326 e. The SMILES string of the molecule is O=C(N[C@@H]1[C@H](O)[C@H](O)[C@@H](O)O[C@H]1O)C(=O)N[C@H](Cc1ccccc1)C(=O)O. The number of aliphatic hydroxyl groups is 4. The highest BCUT2D eigenvalue weighted by Crippen LogP contribution is 2.18. The summed E-state index contributed by atoms with van der Waals surface area (Å²) in [7, 11) is 0. The van der Waals surface area contributed by atoms with Crippen molar-refractivity contribution in [3.05, 3.63) is 35.9 Å². The number of amides is 2. The molecule has 0 saturated carbocycles. The topological polar surface area (TPSA) is 186 Å². The summed E-state index contributed by atoms with van der Waals surface area (Å²) in [5, 5.41) is 51.4. The van der Waals surface area contributed by atoms with Crippen molar-refractivity contribution in [1.82, 2.24) is 10.6 Å². The van der Waals surface area contributed by atoms with Crippen molar-refractivity contribution in [2.45, 2.75) is 43.3 Å². The van der Waals surface area contributed by atoms with Gasteiger partial charge >= 0.3 is 17.8 Å². The number of benzene rings is 1. The molecule has 2 rings (SSSR count). The Balaban J connectivity index is 1.99. The van der Waals surface area contributed by atoms with Crippen LogP contribution >= 0.6 is 0 Å². The fourth-order valence-corrected chi connectivity index (χ4v) is 2.51. The number of nitrogens with one attached hydrogen (secondary N) is 2. The molecule has 0 spiro atoms. The molecule has 1 aromatic rings. The minimum Gasteiger partial charge on any atom is -0.480 e. The van der Waals surface area contributed by atoms with Crippen LogP contribution in [0.1, 0.15) is 5.56 Å². The van der Waals surface area contributed by atoms with Crippen LogP contribution in [-0.4, -0.2) is 80.2 Å². The molecule has 2 amide bonds. The first-order chi connectivity index (χ1) is 12.7. The Kier molecular flexibility index (Phi) is 6.82. The summed E-state index contributed by atoms with van der Waals surface area (Å²) in [6.07, 6.45) is -7.49. The highest BCUT2D eigenvalue weighted by atomic mass is 16.7. The van der Waals surface area contributed by atoms with Gasteiger partial charge in [0.05, 0.1) is 0 Å². The van der Waals surface area contributed by atoms with Gasteiger partial charge in [-0.25, -0.2) is 4.79 Å². The Morgan fingerprint density at radius 1 is 0.963 bits per heavy atom. The van der Waals surface area contributed by atoms with Crippen molar-refractivity contribution in [2.24, 2.45) is 0 Å². The zero-order valence-electron chi connectivity index (χ0n) is 13.9. The zero-order chi connectivity index (χ0) is 20.1. The van der Waals surface area contributed by atoms with Gasteiger partial charge < -0.3 is 40.9 Å². The van der Waals surface area contributed by atoms with Gasteiger partial charge in [0.2, 0.25) is 0 Å². The van der Waals surface area contributed by atoms with Crippen molar-refractivity contribution >= 4 is 17.8 Å². The summed E-state index contributed by atoms with van der Waals surface area (Å²) in [6.45, 7) is 0. The first-order valence-corrected chi connectivity index (χ1v) is 7.96. The van der Waals surface area contributed by atoms with E-state index in [-0.39, 0.29) is 6.42 Å². The molecule has 11 nitrogen and oxygen atoms in total. The summed E-state index contributed by atoms with van der Waals surface area (Å²) < 4.78 is 4.52. The van der Waals surface area contributed by atoms with Gasteiger partial charge in [-0.15, -0.1) is 0 Å². The normalized spacial score (nSPS) is 28.8. The average Bonchev–Trinajstić information content (AvgIpc) is 2.63. The second-order valence-electron chi connectivity index (χ2n) is 5.95. The summed E-state index contributed by atoms with van der Waals surface area (Å²) in [5.74, 6) is -4.04. The molecule has 0 aliphatic carbocycles. The van der Waals surface area contributed by atoms with Crippen LogP contribution in [0.15, 0.2) is 30.3 Å². The van der Waals surface area contributed by atoms with Crippen molar-refractivity contribution in [2.75, 3.05) is 0 Å². The molecule has 11 heteroatoms. The van der Waals surface area contributed by atoms with Crippen molar-refractivity contribution in [1.29, 1.82) is 0 Å². The fraction of sp³-hybridized carbons (Fsp3) is 0.438. The van der Waals surface area contributed by atoms with Crippen LogP contribution < -0.4 is 10.6 Å². The van der Waals surface area contributed by atoms with E-state index in [9.17, 15) is 39.9 Å². The number of aliphatic carboxylic acids is 1. The third-order valence-corrected chi connectivity index (χ3v) is 3.99. The molecule has 148 valence electrons. The van der Waals surface area contributed by atoms with E-state index in [1.165, 1.54) is 0 Å². The van der Waals surface area contributed by atoms with E-state index < -0.39 is 54.7 Å². The minimum atomic E-state index is -1.89. The largest absolute Gasteiger partial charge is 0.480 e. The molecule has 0 radical (unpaired) electrons. The summed E-state index contributed by atoms with van der Waals surface area (Å²) in [4.78, 5) is 35.3. The molecule has 1 fully saturated rings. The number of carbonyl (C=O) groups excluding carboxylic acids is 2. The van der Waals surface area contributed by atoms with Crippen LogP contribution in [0.25, 0.3) is 0 Å². The molecule has 0 bridgehead atoms. The molecule has 0 unspecified atom stereocenters. The number of rotatable bonds is 5. The summed E-state index contributed by atoms with van der Waals surface area (Å²) in [6, 6.07) is 5.42. The maximum absolute atomic E-state index is 12.0. The maximum atomic E-state index is 12.0. The third-order valence-electron chi connectivity index (χ3n) is 3.99. The number of carboxylic acids is 1. The lowest BCUT2D eigenvalue weighted by atomic mass is 10.0. The number of carboxylic acid groups (broad SMARTS) is 1. The summed E-state index contributed by atoms with van der Waals surface area (Å²) >= 11 is 0. The molecule has 1 aromatic carbocycles. The van der Waals surface area contributed by atoms with Gasteiger partial charge in [0.15, 0.2) is 12.6 Å². The van der Waals surface area contributed by atoms with E-state index in [2.05, 4.69) is 4.74 Å². The van der Waals surface area contributed by atoms with E-state index >= 15 is 0 Å². The lowest BCUT2D eigenvalue weighted by Crippen LogP contribution is -2.65. The van der Waals surface area contributed by atoms with Gasteiger partial charge in [0, 0.05) is 6.42 Å². The average molecular weight is 384 g/mol. The highest BCUT2D eigenvalue weighted by Gasteiger charge is 2.44. The minimum absolute atomic E-state index is 0.0715. The van der Waals surface area contributed by atoms with Crippen LogP contribution in [0, 0.1) is 0 Å². The molecule has 7 N–H and O–H groups in total. The molecule has 6 atom stereocenters. The van der Waals surface area contributed by atoms with Gasteiger partial charge in [-0.3, -0.25) is 9.59 Å². The Labute approximate surface area is 153 Å². The molecule has 1 saturated heterocycles. The van der Waals surface area contributed by atoms with Gasteiger partial charge in [0.1, 0.15) is 24.3 Å². The first kappa shape index (κ1) is 20.7. The first-order valence-electron chi connectivity index (χ1n) is 7.96. The van der Waals surface area contributed by atoms with Crippen molar-refractivity contribution < 1.29 is 44.7 Å². The molecule has 27 heavy (non-hydrogen) atoms. The van der Waals surface area contributed by atoms with Gasteiger partial charge in [-0.1, -0.05) is 30.3 Å². The van der Waals surface area contributed by atoms with E-state index in [0.29, 0.717) is 5.56 Å². The van der Waals surface area contributed by atoms with Gasteiger partial charge in [-0.05, 0) is 5.56 Å². The number of hydrogen-bond donors (Lipinski definition) is 7. The fourth-order valence-electron chi connectivity index (χ4n) is 2.51. The van der Waals surface area contributed by atoms with E-state index in [1.54, 1.807) is 30.3 Å². The Morgan fingerprint density at radius 2 is 1.59 bits per heavy atom. The van der Waals surface area contributed by atoms with Crippen LogP contribution in [0.5, 0.6) is 0 Å². The summed E-state index contributed by atoms with van der Waals surface area (Å²) in [5.41, 5.74) is 0.620. The predicted octanol–water partition coefficient (Wildman–Crippen LogP) is -3.33. The third kappa shape index (κ3) is 5.21. The van der Waals surface area contributed by atoms with Gasteiger partial charge in [0.25, 0.3) is 0 Å². The highest BCUT2D eigenvalue weighted by molar-refractivity contribution is 6.35. The number of aliphatic hydroxyl groups excluding tert-OH is 4. The monoisotopic (exact) mass is 384 g/mol. The van der Waals surface area contributed by atoms with Crippen molar-refractivity contribution in [3.8, 4) is 0 Å². The van der Waals surface area contributed by atoms with Crippen molar-refractivity contribution in [3.63, 3.8) is 0 Å². The van der Waals surface area contributed by atoms with Gasteiger partial charge in [-0.2, -0.15) is 0 Å². The molecular formula is C16H20N2O9. The Morgan fingerprint density at radius 3 is 2.19 bits per heavy atom. The molecule has 1 heterocycles. The lowest BCUT2D eigenvalue weighted by molar-refractivity contribution is -0.303. The second kappa shape index (κ2) is 8.88. The molecule has 1 aliphatic heterocycles. The van der Waals surface area contributed by atoms with E-state index in [1.807, 2.05) is 10.6 Å². The molecule has 0 aromatic heterocycles.